The molecule has 4 aromatic rings. The Kier molecular flexibility index (Phi) is 3.66. The van der Waals surface area contributed by atoms with Crippen LogP contribution in [-0.4, -0.2) is 11.8 Å². The molecule has 1 fully saturated rings. The van der Waals surface area contributed by atoms with Crippen LogP contribution in [-0.2, 0) is 19.3 Å². The quantitative estimate of drug-likeness (QED) is 0.255. The zero-order valence-corrected chi connectivity index (χ0v) is 18.8. The maximum absolute atomic E-state index is 14.1. The minimum Gasteiger partial charge on any atom is -0.274 e. The molecule has 2 amide bonds. The Hall–Kier alpha value is -3.14. The standard InChI is InChI=1S/C28H17Cl2NO2/c29-27-18-11-3-4-12-19(18)28(30,21-14-6-5-13-20(21)27)24-23(27)25(32)31(26(24)33)22-15-7-9-16-8-1-2-10-17(16)22/h1-15,23-24H/t23-,24-,27?,28?/m0/s1. The molecule has 1 aliphatic heterocycles. The molecule has 8 rings (SSSR count). The third kappa shape index (κ3) is 2.09. The lowest BCUT2D eigenvalue weighted by Gasteiger charge is -2.54. The van der Waals surface area contributed by atoms with E-state index in [0.717, 1.165) is 33.0 Å². The number of halogens is 2. The lowest BCUT2D eigenvalue weighted by molar-refractivity contribution is -0.122. The van der Waals surface area contributed by atoms with Gasteiger partial charge in [0.05, 0.1) is 17.5 Å². The van der Waals surface area contributed by atoms with Crippen LogP contribution in [0.2, 0.25) is 0 Å². The molecule has 0 spiro atoms. The number of rotatable bonds is 1. The molecule has 3 aliphatic carbocycles. The second-order valence-corrected chi connectivity index (χ2v) is 10.2. The van der Waals surface area contributed by atoms with Crippen molar-refractivity contribution < 1.29 is 9.59 Å². The monoisotopic (exact) mass is 469 g/mol. The van der Waals surface area contributed by atoms with E-state index in [1.807, 2.05) is 91.0 Å². The number of amides is 2. The molecule has 3 nitrogen and oxygen atoms in total. The molecule has 5 heteroatoms. The second-order valence-electron chi connectivity index (χ2n) is 8.98. The molecule has 1 saturated heterocycles. The largest absolute Gasteiger partial charge is 0.274 e. The van der Waals surface area contributed by atoms with Crippen LogP contribution in [0, 0.1) is 11.8 Å². The highest BCUT2D eigenvalue weighted by molar-refractivity contribution is 6.39. The average Bonchev–Trinajstić information content (AvgIpc) is 3.13. The third-order valence-corrected chi connectivity index (χ3v) is 8.88. The summed E-state index contributed by atoms with van der Waals surface area (Å²) in [6, 6.07) is 28.8. The third-order valence-electron chi connectivity index (χ3n) is 7.59. The van der Waals surface area contributed by atoms with E-state index in [9.17, 15) is 9.59 Å². The van der Waals surface area contributed by atoms with Crippen LogP contribution in [0.3, 0.4) is 0 Å². The number of anilines is 1. The normalized spacial score (nSPS) is 29.2. The van der Waals surface area contributed by atoms with Crippen molar-refractivity contribution in [2.75, 3.05) is 4.90 Å². The van der Waals surface area contributed by atoms with Gasteiger partial charge in [0, 0.05) is 5.39 Å². The Balaban J connectivity index is 1.53. The fourth-order valence-corrected chi connectivity index (χ4v) is 7.41. The molecule has 4 aromatic carbocycles. The number of imide groups is 1. The predicted octanol–water partition coefficient (Wildman–Crippen LogP) is 5.94. The van der Waals surface area contributed by atoms with Gasteiger partial charge in [-0.2, -0.15) is 0 Å². The Morgan fingerprint density at radius 3 is 1.52 bits per heavy atom. The SMILES string of the molecule is O=C1[C@@H]2[C@@H](C(=O)N1c1cccc3ccccc13)C1(Cl)c3ccccc3C2(Cl)c2ccccc21. The van der Waals surface area contributed by atoms with Gasteiger partial charge >= 0.3 is 0 Å². The summed E-state index contributed by atoms with van der Waals surface area (Å²) < 4.78 is 0. The summed E-state index contributed by atoms with van der Waals surface area (Å²) in [5.41, 5.74) is 3.81. The highest BCUT2D eigenvalue weighted by Crippen LogP contribution is 2.69. The van der Waals surface area contributed by atoms with Crippen LogP contribution in [0.1, 0.15) is 22.3 Å². The van der Waals surface area contributed by atoms with Gasteiger partial charge < -0.3 is 0 Å². The summed E-state index contributed by atoms with van der Waals surface area (Å²) in [6.07, 6.45) is 0. The Morgan fingerprint density at radius 1 is 0.576 bits per heavy atom. The number of carbonyl (C=O) groups excluding carboxylic acids is 2. The summed E-state index contributed by atoms with van der Waals surface area (Å²) in [6.45, 7) is 0. The molecule has 1 heterocycles. The van der Waals surface area contributed by atoms with E-state index in [1.54, 1.807) is 0 Å². The molecule has 0 saturated carbocycles. The van der Waals surface area contributed by atoms with Gasteiger partial charge in [0.25, 0.3) is 0 Å². The van der Waals surface area contributed by atoms with Crippen molar-refractivity contribution in [3.8, 4) is 0 Å². The first-order valence-corrected chi connectivity index (χ1v) is 11.7. The van der Waals surface area contributed by atoms with E-state index in [-0.39, 0.29) is 11.8 Å². The van der Waals surface area contributed by atoms with Crippen LogP contribution >= 0.6 is 23.2 Å². The van der Waals surface area contributed by atoms with Crippen LogP contribution in [0.25, 0.3) is 10.8 Å². The average molecular weight is 470 g/mol. The molecule has 2 bridgehead atoms. The minimum atomic E-state index is -1.17. The second kappa shape index (κ2) is 6.25. The highest BCUT2D eigenvalue weighted by atomic mass is 35.5. The van der Waals surface area contributed by atoms with E-state index in [2.05, 4.69) is 0 Å². The summed E-state index contributed by atoms with van der Waals surface area (Å²) >= 11 is 15.0. The molecule has 0 unspecified atom stereocenters. The van der Waals surface area contributed by atoms with Crippen molar-refractivity contribution in [2.24, 2.45) is 11.8 Å². The molecule has 4 aliphatic rings. The van der Waals surface area contributed by atoms with Crippen LogP contribution in [0.15, 0.2) is 91.0 Å². The van der Waals surface area contributed by atoms with Gasteiger partial charge in [0.15, 0.2) is 0 Å². The number of fused-ring (bicyclic) bond motifs is 1. The molecule has 33 heavy (non-hydrogen) atoms. The van der Waals surface area contributed by atoms with E-state index < -0.39 is 21.6 Å². The number of benzene rings is 4. The lowest BCUT2D eigenvalue weighted by Crippen LogP contribution is -2.57. The van der Waals surface area contributed by atoms with Gasteiger partial charge in [0.2, 0.25) is 11.8 Å². The first kappa shape index (κ1) is 19.3. The Bertz CT molecular complexity index is 1400. The zero-order valence-electron chi connectivity index (χ0n) is 17.3. The van der Waals surface area contributed by atoms with Crippen molar-refractivity contribution in [3.63, 3.8) is 0 Å². The van der Waals surface area contributed by atoms with Crippen molar-refractivity contribution in [3.05, 3.63) is 113 Å². The highest BCUT2D eigenvalue weighted by Gasteiger charge is 2.73. The van der Waals surface area contributed by atoms with Gasteiger partial charge in [-0.15, -0.1) is 23.2 Å². The molecular formula is C28H17Cl2NO2. The van der Waals surface area contributed by atoms with E-state index in [4.69, 9.17) is 23.2 Å². The van der Waals surface area contributed by atoms with Gasteiger partial charge in [-0.3, -0.25) is 9.59 Å². The number of alkyl halides is 2. The number of hydrogen-bond donors (Lipinski definition) is 0. The van der Waals surface area contributed by atoms with Crippen LogP contribution in [0.5, 0.6) is 0 Å². The molecular weight excluding hydrogens is 453 g/mol. The van der Waals surface area contributed by atoms with Gasteiger partial charge in [0.1, 0.15) is 9.75 Å². The van der Waals surface area contributed by atoms with Gasteiger partial charge in [-0.05, 0) is 33.7 Å². The topological polar surface area (TPSA) is 37.4 Å². The van der Waals surface area contributed by atoms with Gasteiger partial charge in [-0.25, -0.2) is 4.90 Å². The molecule has 0 radical (unpaired) electrons. The minimum absolute atomic E-state index is 0.301. The van der Waals surface area contributed by atoms with Crippen molar-refractivity contribution in [2.45, 2.75) is 9.75 Å². The lowest BCUT2D eigenvalue weighted by atomic mass is 9.54. The van der Waals surface area contributed by atoms with Crippen molar-refractivity contribution >= 4 is 51.5 Å². The zero-order chi connectivity index (χ0) is 22.5. The molecule has 0 aromatic heterocycles. The van der Waals surface area contributed by atoms with Crippen LogP contribution < -0.4 is 4.90 Å². The summed E-state index contributed by atoms with van der Waals surface area (Å²) in [7, 11) is 0. The fourth-order valence-electron chi connectivity index (χ4n) is 6.31. The van der Waals surface area contributed by atoms with Gasteiger partial charge in [-0.1, -0.05) is 84.9 Å². The number of carbonyl (C=O) groups is 2. The first-order chi connectivity index (χ1) is 16.0. The fraction of sp³-hybridized carbons (Fsp3) is 0.143. The Morgan fingerprint density at radius 2 is 1.00 bits per heavy atom. The van der Waals surface area contributed by atoms with E-state index in [1.165, 1.54) is 4.90 Å². The maximum Gasteiger partial charge on any atom is 0.240 e. The Labute approximate surface area is 200 Å². The van der Waals surface area contributed by atoms with Crippen LogP contribution in [0.4, 0.5) is 5.69 Å². The van der Waals surface area contributed by atoms with E-state index in [0.29, 0.717) is 5.69 Å². The smallest absolute Gasteiger partial charge is 0.240 e. The summed E-state index contributed by atoms with van der Waals surface area (Å²) in [5, 5.41) is 1.80. The molecule has 160 valence electrons. The predicted molar refractivity (Wildman–Crippen MR) is 130 cm³/mol. The first-order valence-electron chi connectivity index (χ1n) is 10.9. The summed E-state index contributed by atoms with van der Waals surface area (Å²) in [4.78, 5) is 27.2. The number of hydrogen-bond acceptors (Lipinski definition) is 2. The van der Waals surface area contributed by atoms with Crippen molar-refractivity contribution in [1.82, 2.24) is 0 Å². The van der Waals surface area contributed by atoms with E-state index >= 15 is 0 Å². The molecule has 0 N–H and O–H groups in total. The summed E-state index contributed by atoms with van der Waals surface area (Å²) in [5.74, 6) is -2.20. The van der Waals surface area contributed by atoms with Crippen molar-refractivity contribution in [1.29, 1.82) is 0 Å². The molecule has 2 atom stereocenters. The maximum atomic E-state index is 14.1. The number of nitrogens with zero attached hydrogens (tertiary/aromatic N) is 1.